The fourth-order valence-corrected chi connectivity index (χ4v) is 5.49. The van der Waals surface area contributed by atoms with E-state index in [0.717, 1.165) is 66.8 Å². The Morgan fingerprint density at radius 3 is 3.07 bits per heavy atom. The maximum absolute atomic E-state index is 5.80. The minimum atomic E-state index is 0.284. The molecule has 2 atom stereocenters. The molecule has 3 aromatic heterocycles. The Kier molecular flexibility index (Phi) is 4.53. The number of hydrogen-bond acceptors (Lipinski definition) is 6. The summed E-state index contributed by atoms with van der Waals surface area (Å²) in [7, 11) is 0. The number of fused-ring (bicyclic) bond motifs is 3. The van der Waals surface area contributed by atoms with Gasteiger partial charge in [0.15, 0.2) is 5.82 Å². The molecule has 4 heterocycles. The molecule has 0 amide bonds. The molecule has 0 radical (unpaired) electrons. The summed E-state index contributed by atoms with van der Waals surface area (Å²) in [5, 5.41) is 4.83. The lowest BCUT2D eigenvalue weighted by atomic mass is 9.89. The van der Waals surface area contributed by atoms with Crippen molar-refractivity contribution < 1.29 is 4.74 Å². The van der Waals surface area contributed by atoms with Gasteiger partial charge in [0, 0.05) is 36.0 Å². The molecular formula is C21H24N4OS. The highest BCUT2D eigenvalue weighted by atomic mass is 32.1. The van der Waals surface area contributed by atoms with Crippen molar-refractivity contribution in [1.29, 1.82) is 0 Å². The average molecular weight is 381 g/mol. The predicted molar refractivity (Wildman–Crippen MR) is 109 cm³/mol. The molecule has 0 saturated carbocycles. The van der Waals surface area contributed by atoms with Gasteiger partial charge in [-0.15, -0.1) is 11.3 Å². The Hall–Kier alpha value is -2.05. The molecular weight excluding hydrogens is 356 g/mol. The number of hydrogen-bond donors (Lipinski definition) is 1. The van der Waals surface area contributed by atoms with E-state index in [1.54, 1.807) is 6.20 Å². The summed E-state index contributed by atoms with van der Waals surface area (Å²) in [6, 6.07) is 3.96. The Morgan fingerprint density at radius 2 is 2.26 bits per heavy atom. The van der Waals surface area contributed by atoms with E-state index in [1.165, 1.54) is 22.2 Å². The molecule has 2 aliphatic rings. The number of pyridine rings is 1. The highest BCUT2D eigenvalue weighted by molar-refractivity contribution is 7.19. The lowest BCUT2D eigenvalue weighted by Gasteiger charge is -2.19. The molecule has 27 heavy (non-hydrogen) atoms. The van der Waals surface area contributed by atoms with Crippen molar-refractivity contribution in [3.05, 3.63) is 35.0 Å². The van der Waals surface area contributed by atoms with Gasteiger partial charge < -0.3 is 10.1 Å². The van der Waals surface area contributed by atoms with Gasteiger partial charge in [-0.25, -0.2) is 9.97 Å². The van der Waals surface area contributed by atoms with Crippen LogP contribution in [0.2, 0.25) is 0 Å². The highest BCUT2D eigenvalue weighted by Gasteiger charge is 2.25. The van der Waals surface area contributed by atoms with Crippen molar-refractivity contribution >= 4 is 27.4 Å². The van der Waals surface area contributed by atoms with E-state index in [0.29, 0.717) is 0 Å². The van der Waals surface area contributed by atoms with Crippen LogP contribution in [0.25, 0.3) is 21.6 Å². The minimum Gasteiger partial charge on any atom is -0.376 e. The van der Waals surface area contributed by atoms with Crippen LogP contribution in [0.3, 0.4) is 0 Å². The maximum atomic E-state index is 5.80. The molecule has 0 spiro atoms. The van der Waals surface area contributed by atoms with Crippen molar-refractivity contribution in [2.75, 3.05) is 18.5 Å². The van der Waals surface area contributed by atoms with Crippen molar-refractivity contribution in [3.63, 3.8) is 0 Å². The van der Waals surface area contributed by atoms with E-state index in [4.69, 9.17) is 14.7 Å². The topological polar surface area (TPSA) is 59.9 Å². The second-order valence-electron chi connectivity index (χ2n) is 7.69. The van der Waals surface area contributed by atoms with Crippen LogP contribution in [0.5, 0.6) is 0 Å². The first-order chi connectivity index (χ1) is 13.3. The Labute approximate surface area is 163 Å². The Balaban J connectivity index is 1.59. The van der Waals surface area contributed by atoms with Crippen molar-refractivity contribution in [1.82, 2.24) is 15.0 Å². The third kappa shape index (κ3) is 3.32. The van der Waals surface area contributed by atoms with Gasteiger partial charge in [-0.3, -0.25) is 4.98 Å². The van der Waals surface area contributed by atoms with Crippen LogP contribution in [0.4, 0.5) is 5.82 Å². The van der Waals surface area contributed by atoms with Gasteiger partial charge in [0.05, 0.1) is 11.5 Å². The van der Waals surface area contributed by atoms with Crippen LogP contribution in [0.1, 0.15) is 36.6 Å². The number of thiophene rings is 1. The number of aryl methyl sites for hydroxylation is 1. The first-order valence-electron chi connectivity index (χ1n) is 9.86. The van der Waals surface area contributed by atoms with Crippen LogP contribution in [0, 0.1) is 5.92 Å². The molecule has 140 valence electrons. The lowest BCUT2D eigenvalue weighted by molar-refractivity contribution is 0.120. The third-order valence-corrected chi connectivity index (χ3v) is 6.74. The van der Waals surface area contributed by atoms with Crippen LogP contribution >= 0.6 is 11.3 Å². The van der Waals surface area contributed by atoms with Crippen LogP contribution in [-0.2, 0) is 17.6 Å². The van der Waals surface area contributed by atoms with Crippen LogP contribution in [0.15, 0.2) is 24.5 Å². The number of aromatic nitrogens is 3. The van der Waals surface area contributed by atoms with Gasteiger partial charge in [-0.05, 0) is 55.7 Å². The van der Waals surface area contributed by atoms with Crippen LogP contribution in [-0.4, -0.2) is 34.2 Å². The second kappa shape index (κ2) is 7.17. The first-order valence-corrected chi connectivity index (χ1v) is 10.7. The van der Waals surface area contributed by atoms with Crippen LogP contribution < -0.4 is 5.32 Å². The highest BCUT2D eigenvalue weighted by Crippen LogP contribution is 2.40. The first kappa shape index (κ1) is 17.1. The second-order valence-corrected chi connectivity index (χ2v) is 8.77. The van der Waals surface area contributed by atoms with Gasteiger partial charge in [0.2, 0.25) is 0 Å². The third-order valence-electron chi connectivity index (χ3n) is 5.60. The summed E-state index contributed by atoms with van der Waals surface area (Å²) < 4.78 is 5.80. The average Bonchev–Trinajstić information content (AvgIpc) is 3.33. The molecule has 1 aliphatic carbocycles. The smallest absolute Gasteiger partial charge is 0.164 e. The number of nitrogens with zero attached hydrogens (tertiary/aromatic N) is 3. The molecule has 0 aromatic carbocycles. The normalized spacial score (nSPS) is 22.1. The van der Waals surface area contributed by atoms with Gasteiger partial charge >= 0.3 is 0 Å². The molecule has 1 fully saturated rings. The molecule has 6 heteroatoms. The zero-order valence-electron chi connectivity index (χ0n) is 15.6. The molecule has 0 unspecified atom stereocenters. The van der Waals surface area contributed by atoms with E-state index in [-0.39, 0.29) is 6.10 Å². The quantitative estimate of drug-likeness (QED) is 0.724. The summed E-state index contributed by atoms with van der Waals surface area (Å²) in [5.74, 6) is 2.46. The summed E-state index contributed by atoms with van der Waals surface area (Å²) in [4.78, 5) is 16.7. The van der Waals surface area contributed by atoms with E-state index >= 15 is 0 Å². The van der Waals surface area contributed by atoms with Gasteiger partial charge in [0.25, 0.3) is 0 Å². The molecule has 5 rings (SSSR count). The Morgan fingerprint density at radius 1 is 1.30 bits per heavy atom. The SMILES string of the molecule is C[C@H]1CCc2c(sc3nc(-c4cccnc4)nc(NC[C@@H]4CCCO4)c23)C1. The van der Waals surface area contributed by atoms with Gasteiger partial charge in [-0.2, -0.15) is 0 Å². The maximum Gasteiger partial charge on any atom is 0.164 e. The lowest BCUT2D eigenvalue weighted by Crippen LogP contribution is -2.19. The zero-order chi connectivity index (χ0) is 18.2. The number of nitrogens with one attached hydrogen (secondary N) is 1. The largest absolute Gasteiger partial charge is 0.376 e. The summed E-state index contributed by atoms with van der Waals surface area (Å²) in [6.45, 7) is 4.02. The molecule has 1 saturated heterocycles. The summed E-state index contributed by atoms with van der Waals surface area (Å²) in [6.07, 6.45) is 9.70. The molecule has 5 nitrogen and oxygen atoms in total. The van der Waals surface area contributed by atoms with Gasteiger partial charge in [-0.1, -0.05) is 6.92 Å². The fourth-order valence-electron chi connectivity index (χ4n) is 4.11. The zero-order valence-corrected chi connectivity index (χ0v) is 16.4. The predicted octanol–water partition coefficient (Wildman–Crippen LogP) is 4.47. The van der Waals surface area contributed by atoms with Crippen molar-refractivity contribution in [2.45, 2.75) is 45.1 Å². The van der Waals surface area contributed by atoms with Crippen molar-refractivity contribution in [3.8, 4) is 11.4 Å². The fraction of sp³-hybridized carbons (Fsp3) is 0.476. The van der Waals surface area contributed by atoms with Gasteiger partial charge in [0.1, 0.15) is 10.6 Å². The van der Waals surface area contributed by atoms with E-state index < -0.39 is 0 Å². The summed E-state index contributed by atoms with van der Waals surface area (Å²) >= 11 is 1.84. The molecule has 0 bridgehead atoms. The van der Waals surface area contributed by atoms with E-state index in [1.807, 2.05) is 29.7 Å². The van der Waals surface area contributed by atoms with E-state index in [9.17, 15) is 0 Å². The van der Waals surface area contributed by atoms with Crippen molar-refractivity contribution in [2.24, 2.45) is 5.92 Å². The number of rotatable bonds is 4. The standard InChI is InChI=1S/C21H24N4OS/c1-13-6-7-16-17(10-13)27-21-18(16)20(23-12-15-5-3-9-26-15)24-19(25-21)14-4-2-8-22-11-14/h2,4,8,11,13,15H,3,5-7,9-10,12H2,1H3,(H,23,24,25)/t13-,15-/m0/s1. The Bertz CT molecular complexity index is 950. The monoisotopic (exact) mass is 380 g/mol. The molecule has 3 aromatic rings. The summed E-state index contributed by atoms with van der Waals surface area (Å²) in [5.41, 5.74) is 2.42. The molecule has 1 N–H and O–H groups in total. The molecule has 1 aliphatic heterocycles. The van der Waals surface area contributed by atoms with E-state index in [2.05, 4.69) is 17.2 Å². The minimum absolute atomic E-state index is 0.284. The number of anilines is 1. The number of ether oxygens (including phenoxy) is 1.